The van der Waals surface area contributed by atoms with E-state index in [2.05, 4.69) is 66.9 Å². The zero-order valence-corrected chi connectivity index (χ0v) is 12.2. The summed E-state index contributed by atoms with van der Waals surface area (Å²) in [6.07, 6.45) is 0. The van der Waals surface area contributed by atoms with E-state index in [0.29, 0.717) is 0 Å². The van der Waals surface area contributed by atoms with Crippen LogP contribution in [0.25, 0.3) is 11.0 Å². The summed E-state index contributed by atoms with van der Waals surface area (Å²) in [6, 6.07) is 16.8. The van der Waals surface area contributed by atoms with Crippen molar-refractivity contribution in [2.24, 2.45) is 7.05 Å². The highest BCUT2D eigenvalue weighted by molar-refractivity contribution is 5.78. The molecule has 3 heteroatoms. The lowest BCUT2D eigenvalue weighted by atomic mass is 10.1. The second kappa shape index (κ2) is 5.00. The molecule has 0 bridgehead atoms. The predicted octanol–water partition coefficient (Wildman–Crippen LogP) is 3.52. The smallest absolute Gasteiger partial charge is 0.206 e. The van der Waals surface area contributed by atoms with Crippen LogP contribution >= 0.6 is 0 Å². The molecule has 0 aliphatic rings. The number of aryl methyl sites for hydroxylation is 2. The first-order chi connectivity index (χ1) is 9.65. The molecule has 0 fully saturated rings. The minimum Gasteiger partial charge on any atom is -0.341 e. The van der Waals surface area contributed by atoms with Crippen LogP contribution in [0.5, 0.6) is 0 Å². The molecule has 0 amide bonds. The van der Waals surface area contributed by atoms with E-state index < -0.39 is 0 Å². The van der Waals surface area contributed by atoms with Gasteiger partial charge in [0.2, 0.25) is 5.95 Å². The summed E-state index contributed by atoms with van der Waals surface area (Å²) in [4.78, 5) is 6.91. The van der Waals surface area contributed by atoms with Crippen molar-refractivity contribution in [1.82, 2.24) is 9.55 Å². The van der Waals surface area contributed by atoms with Gasteiger partial charge in [-0.2, -0.15) is 0 Å². The molecule has 0 aliphatic heterocycles. The van der Waals surface area contributed by atoms with Crippen molar-refractivity contribution >= 4 is 17.0 Å². The molecule has 3 rings (SSSR count). The number of hydrogen-bond acceptors (Lipinski definition) is 2. The van der Waals surface area contributed by atoms with Crippen molar-refractivity contribution in [3.05, 3.63) is 59.7 Å². The highest BCUT2D eigenvalue weighted by Gasteiger charge is 2.11. The first-order valence-electron chi connectivity index (χ1n) is 6.83. The van der Waals surface area contributed by atoms with Gasteiger partial charge in [0.05, 0.1) is 11.0 Å². The summed E-state index contributed by atoms with van der Waals surface area (Å²) >= 11 is 0. The topological polar surface area (TPSA) is 21.1 Å². The second-order valence-corrected chi connectivity index (χ2v) is 5.30. The third kappa shape index (κ3) is 2.27. The number of benzene rings is 2. The number of rotatable bonds is 3. The van der Waals surface area contributed by atoms with Gasteiger partial charge < -0.3 is 9.47 Å². The average Bonchev–Trinajstić information content (AvgIpc) is 2.77. The van der Waals surface area contributed by atoms with E-state index in [-0.39, 0.29) is 0 Å². The second-order valence-electron chi connectivity index (χ2n) is 5.30. The maximum absolute atomic E-state index is 4.72. The summed E-state index contributed by atoms with van der Waals surface area (Å²) in [5.41, 5.74) is 4.81. The zero-order valence-electron chi connectivity index (χ0n) is 12.2. The molecule has 3 aromatic rings. The van der Waals surface area contributed by atoms with Crippen LogP contribution in [0.1, 0.15) is 11.1 Å². The van der Waals surface area contributed by atoms with Crippen LogP contribution in [-0.4, -0.2) is 16.6 Å². The van der Waals surface area contributed by atoms with Gasteiger partial charge >= 0.3 is 0 Å². The third-order valence-corrected chi connectivity index (χ3v) is 3.61. The average molecular weight is 265 g/mol. The Bertz CT molecular complexity index is 743. The van der Waals surface area contributed by atoms with Gasteiger partial charge in [0.15, 0.2) is 0 Å². The number of anilines is 1. The van der Waals surface area contributed by atoms with Gasteiger partial charge in [-0.05, 0) is 24.6 Å². The molecule has 3 nitrogen and oxygen atoms in total. The lowest BCUT2D eigenvalue weighted by molar-refractivity contribution is 0.818. The summed E-state index contributed by atoms with van der Waals surface area (Å²) in [5.74, 6) is 0.993. The highest BCUT2D eigenvalue weighted by atomic mass is 15.3. The Hall–Kier alpha value is -2.29. The van der Waals surface area contributed by atoms with Crippen LogP contribution in [0, 0.1) is 6.92 Å². The number of nitrogens with zero attached hydrogens (tertiary/aromatic N) is 3. The van der Waals surface area contributed by atoms with Crippen molar-refractivity contribution in [2.45, 2.75) is 13.5 Å². The van der Waals surface area contributed by atoms with Gasteiger partial charge in [0.25, 0.3) is 0 Å². The first kappa shape index (κ1) is 12.7. The molecular formula is C17H19N3. The van der Waals surface area contributed by atoms with Crippen molar-refractivity contribution < 1.29 is 0 Å². The number of imidazole rings is 1. The van der Waals surface area contributed by atoms with E-state index in [1.807, 2.05) is 12.1 Å². The monoisotopic (exact) mass is 265 g/mol. The van der Waals surface area contributed by atoms with E-state index in [1.54, 1.807) is 0 Å². The Balaban J connectivity index is 1.92. The molecule has 0 aliphatic carbocycles. The Morgan fingerprint density at radius 3 is 2.65 bits per heavy atom. The van der Waals surface area contributed by atoms with Crippen LogP contribution in [0.2, 0.25) is 0 Å². The summed E-state index contributed by atoms with van der Waals surface area (Å²) in [7, 11) is 4.15. The van der Waals surface area contributed by atoms with E-state index in [0.717, 1.165) is 18.0 Å². The standard InChI is InChI=1S/C17H19N3/c1-13-7-6-8-14(11-13)12-19(2)17-18-15-9-4-5-10-16(15)20(17)3/h4-11H,12H2,1-3H3. The van der Waals surface area contributed by atoms with E-state index in [1.165, 1.54) is 16.6 Å². The zero-order chi connectivity index (χ0) is 14.1. The van der Waals surface area contributed by atoms with Gasteiger partial charge in [0.1, 0.15) is 0 Å². The SMILES string of the molecule is Cc1cccc(CN(C)c2nc3ccccc3n2C)c1. The van der Waals surface area contributed by atoms with Crippen molar-refractivity contribution in [3.63, 3.8) is 0 Å². The molecule has 0 atom stereocenters. The lowest BCUT2D eigenvalue weighted by Crippen LogP contribution is -2.20. The minimum absolute atomic E-state index is 0.860. The fourth-order valence-corrected chi connectivity index (χ4v) is 2.63. The Morgan fingerprint density at radius 2 is 1.90 bits per heavy atom. The molecule has 1 aromatic heterocycles. The quantitative estimate of drug-likeness (QED) is 0.722. The number of para-hydroxylation sites is 2. The molecule has 2 aromatic carbocycles. The van der Waals surface area contributed by atoms with Gasteiger partial charge in [0, 0.05) is 20.6 Å². The number of fused-ring (bicyclic) bond motifs is 1. The van der Waals surface area contributed by atoms with Gasteiger partial charge in [-0.25, -0.2) is 4.98 Å². The minimum atomic E-state index is 0.860. The molecule has 102 valence electrons. The molecule has 0 N–H and O–H groups in total. The Labute approximate surface area is 119 Å². The predicted molar refractivity (Wildman–Crippen MR) is 84.0 cm³/mol. The molecule has 0 spiro atoms. The van der Waals surface area contributed by atoms with Crippen molar-refractivity contribution in [3.8, 4) is 0 Å². The number of aromatic nitrogens is 2. The van der Waals surface area contributed by atoms with E-state index in [4.69, 9.17) is 4.98 Å². The highest BCUT2D eigenvalue weighted by Crippen LogP contribution is 2.21. The summed E-state index contributed by atoms with van der Waals surface area (Å²) < 4.78 is 2.14. The molecule has 0 unspecified atom stereocenters. The van der Waals surface area contributed by atoms with Crippen molar-refractivity contribution in [1.29, 1.82) is 0 Å². The fourth-order valence-electron chi connectivity index (χ4n) is 2.63. The molecule has 0 saturated carbocycles. The third-order valence-electron chi connectivity index (χ3n) is 3.61. The summed E-state index contributed by atoms with van der Waals surface area (Å²) in [5, 5.41) is 0. The Morgan fingerprint density at radius 1 is 1.10 bits per heavy atom. The normalized spacial score (nSPS) is 10.9. The summed E-state index contributed by atoms with van der Waals surface area (Å²) in [6.45, 7) is 2.98. The van der Waals surface area contributed by atoms with Crippen molar-refractivity contribution in [2.75, 3.05) is 11.9 Å². The van der Waals surface area contributed by atoms with Crippen LogP contribution in [0.4, 0.5) is 5.95 Å². The lowest BCUT2D eigenvalue weighted by Gasteiger charge is -2.18. The van der Waals surface area contributed by atoms with E-state index >= 15 is 0 Å². The Kier molecular flexibility index (Phi) is 3.18. The maximum Gasteiger partial charge on any atom is 0.206 e. The van der Waals surface area contributed by atoms with Crippen LogP contribution in [0.3, 0.4) is 0 Å². The molecule has 0 radical (unpaired) electrons. The van der Waals surface area contributed by atoms with Crippen LogP contribution < -0.4 is 4.90 Å². The molecule has 0 saturated heterocycles. The number of hydrogen-bond donors (Lipinski definition) is 0. The van der Waals surface area contributed by atoms with Crippen LogP contribution in [0.15, 0.2) is 48.5 Å². The molecule has 1 heterocycles. The molecular weight excluding hydrogens is 246 g/mol. The van der Waals surface area contributed by atoms with E-state index in [9.17, 15) is 0 Å². The molecule has 20 heavy (non-hydrogen) atoms. The van der Waals surface area contributed by atoms with Gasteiger partial charge in [-0.15, -0.1) is 0 Å². The maximum atomic E-state index is 4.72. The first-order valence-corrected chi connectivity index (χ1v) is 6.83. The largest absolute Gasteiger partial charge is 0.341 e. The fraction of sp³-hybridized carbons (Fsp3) is 0.235. The van der Waals surface area contributed by atoms with Gasteiger partial charge in [-0.1, -0.05) is 42.0 Å². The van der Waals surface area contributed by atoms with Crippen LogP contribution in [-0.2, 0) is 13.6 Å². The van der Waals surface area contributed by atoms with Gasteiger partial charge in [-0.3, -0.25) is 0 Å².